The van der Waals surface area contributed by atoms with Crippen LogP contribution in [-0.4, -0.2) is 40.2 Å². The lowest BCUT2D eigenvalue weighted by molar-refractivity contribution is -0.165. The molecule has 1 atom stereocenters. The van der Waals surface area contributed by atoms with Gasteiger partial charge >= 0.3 is 0 Å². The summed E-state index contributed by atoms with van der Waals surface area (Å²) < 4.78 is 0. The smallest absolute Gasteiger partial charge is 0.243 e. The predicted octanol–water partition coefficient (Wildman–Crippen LogP) is 6.37. The number of nitrogens with zero attached hydrogens (tertiary/aromatic N) is 2. The third-order valence-electron chi connectivity index (χ3n) is 9.52. The molecular weight excluding hydrogens is 464 g/mol. The van der Waals surface area contributed by atoms with E-state index in [9.17, 15) is 9.59 Å². The van der Waals surface area contributed by atoms with E-state index in [0.717, 1.165) is 31.2 Å². The van der Waals surface area contributed by atoms with Crippen molar-refractivity contribution in [3.05, 3.63) is 57.3 Å². The number of hydrogen-bond acceptors (Lipinski definition) is 3. The third kappa shape index (κ3) is 4.12. The number of carbonyl (C=O) groups excluding carboxylic acids is 2. The van der Waals surface area contributed by atoms with Crippen molar-refractivity contribution < 1.29 is 9.59 Å². The summed E-state index contributed by atoms with van der Waals surface area (Å²) in [5, 5.41) is 2.15. The Hall–Kier alpha value is -2.14. The summed E-state index contributed by atoms with van der Waals surface area (Å²) in [6.07, 6.45) is 7.94. The molecule has 2 aromatic rings. The van der Waals surface area contributed by atoms with Crippen LogP contribution in [0.4, 0.5) is 0 Å². The first-order valence-corrected chi connectivity index (χ1v) is 14.8. The summed E-state index contributed by atoms with van der Waals surface area (Å²) in [6.45, 7) is 9.27. The van der Waals surface area contributed by atoms with Gasteiger partial charge in [0.25, 0.3) is 0 Å². The zero-order valence-electron chi connectivity index (χ0n) is 22.3. The van der Waals surface area contributed by atoms with Crippen LogP contribution in [0.2, 0.25) is 0 Å². The first-order chi connectivity index (χ1) is 17.1. The van der Waals surface area contributed by atoms with Gasteiger partial charge in [0.1, 0.15) is 6.54 Å². The molecule has 4 fully saturated rings. The normalized spacial score (nSPS) is 30.8. The van der Waals surface area contributed by atoms with Crippen LogP contribution in [0.1, 0.15) is 86.9 Å². The van der Waals surface area contributed by atoms with Crippen molar-refractivity contribution in [3.8, 4) is 0 Å². The van der Waals surface area contributed by atoms with Crippen molar-refractivity contribution >= 4 is 23.2 Å². The molecule has 2 amide bonds. The van der Waals surface area contributed by atoms with Gasteiger partial charge in [0.15, 0.2) is 0 Å². The molecule has 0 radical (unpaired) electrons. The highest BCUT2D eigenvalue weighted by Crippen LogP contribution is 2.60. The lowest BCUT2D eigenvalue weighted by Crippen LogP contribution is -2.60. The highest BCUT2D eigenvalue weighted by Gasteiger charge is 2.56. The van der Waals surface area contributed by atoms with Gasteiger partial charge in [-0.2, -0.15) is 0 Å². The molecule has 1 aliphatic heterocycles. The summed E-state index contributed by atoms with van der Waals surface area (Å²) in [5.41, 5.74) is 3.00. The molecule has 0 N–H and O–H groups in total. The topological polar surface area (TPSA) is 40.6 Å². The number of fused-ring (bicyclic) bond motifs is 1. The van der Waals surface area contributed by atoms with Crippen LogP contribution in [0.5, 0.6) is 0 Å². The van der Waals surface area contributed by atoms with E-state index in [1.54, 1.807) is 11.3 Å². The van der Waals surface area contributed by atoms with Crippen LogP contribution in [0.25, 0.3) is 0 Å². The van der Waals surface area contributed by atoms with E-state index in [1.807, 2.05) is 9.80 Å². The number of rotatable bonds is 4. The number of benzene rings is 1. The average molecular weight is 505 g/mol. The molecule has 5 aliphatic rings. The lowest BCUT2D eigenvalue weighted by atomic mass is 9.49. The Morgan fingerprint density at radius 2 is 1.61 bits per heavy atom. The molecule has 4 bridgehead atoms. The average Bonchev–Trinajstić information content (AvgIpc) is 3.29. The number of hydrogen-bond donors (Lipinski definition) is 0. The quantitative estimate of drug-likeness (QED) is 0.485. The molecule has 4 saturated carbocycles. The first kappa shape index (κ1) is 24.2. The van der Waals surface area contributed by atoms with Crippen molar-refractivity contribution in [3.63, 3.8) is 0 Å². The van der Waals surface area contributed by atoms with Crippen molar-refractivity contribution in [2.24, 2.45) is 23.2 Å². The van der Waals surface area contributed by atoms with Gasteiger partial charge in [-0.1, -0.05) is 29.8 Å². The Labute approximate surface area is 220 Å². The molecule has 1 aromatic heterocycles. The number of aryl methyl sites for hydroxylation is 1. The van der Waals surface area contributed by atoms with Gasteiger partial charge in [0.05, 0.1) is 11.5 Å². The van der Waals surface area contributed by atoms with Gasteiger partial charge in [-0.15, -0.1) is 11.3 Å². The second kappa shape index (κ2) is 8.72. The van der Waals surface area contributed by atoms with E-state index in [-0.39, 0.29) is 29.8 Å². The van der Waals surface area contributed by atoms with Crippen LogP contribution in [0.3, 0.4) is 0 Å². The van der Waals surface area contributed by atoms with Crippen LogP contribution in [0.15, 0.2) is 35.7 Å². The van der Waals surface area contributed by atoms with Gasteiger partial charge in [-0.25, -0.2) is 0 Å². The molecule has 4 aliphatic carbocycles. The van der Waals surface area contributed by atoms with Gasteiger partial charge in [0.2, 0.25) is 11.8 Å². The SMILES string of the molecule is Cc1ccc(C2c3ccsc3CCN2C(=O)CN(C(=O)C23CC4CC(CC(C4)C2)C3)C(C)(C)C)cc1. The van der Waals surface area contributed by atoms with Crippen molar-refractivity contribution in [1.82, 2.24) is 9.80 Å². The van der Waals surface area contributed by atoms with Crippen LogP contribution < -0.4 is 0 Å². The van der Waals surface area contributed by atoms with E-state index in [1.165, 1.54) is 35.3 Å². The highest BCUT2D eigenvalue weighted by atomic mass is 32.1. The Bertz CT molecular complexity index is 1120. The Kier molecular flexibility index (Phi) is 5.86. The molecule has 5 heteroatoms. The van der Waals surface area contributed by atoms with Crippen molar-refractivity contribution in [1.29, 1.82) is 0 Å². The summed E-state index contributed by atoms with van der Waals surface area (Å²) in [7, 11) is 0. The summed E-state index contributed by atoms with van der Waals surface area (Å²) in [4.78, 5) is 33.8. The highest BCUT2D eigenvalue weighted by molar-refractivity contribution is 7.10. The molecule has 0 saturated heterocycles. The van der Waals surface area contributed by atoms with E-state index >= 15 is 0 Å². The molecular formula is C31H40N2O2S. The molecule has 36 heavy (non-hydrogen) atoms. The molecule has 1 aromatic carbocycles. The minimum atomic E-state index is -0.390. The summed E-state index contributed by atoms with van der Waals surface area (Å²) in [6, 6.07) is 10.7. The Balaban J connectivity index is 1.29. The summed E-state index contributed by atoms with van der Waals surface area (Å²) >= 11 is 1.79. The standard InChI is InChI=1S/C31H40N2O2S/c1-20-5-7-24(8-6-20)28-25-10-12-36-26(25)9-11-32(28)27(34)19-33(30(2,3)4)29(35)31-16-21-13-22(17-31)15-23(14-21)18-31/h5-8,10,12,21-23,28H,9,11,13-19H2,1-4H3. The minimum absolute atomic E-state index is 0.0745. The Morgan fingerprint density at radius 3 is 2.19 bits per heavy atom. The maximum Gasteiger partial charge on any atom is 0.243 e. The molecule has 2 heterocycles. The van der Waals surface area contributed by atoms with E-state index in [0.29, 0.717) is 24.3 Å². The van der Waals surface area contributed by atoms with E-state index < -0.39 is 5.54 Å². The predicted molar refractivity (Wildman–Crippen MR) is 145 cm³/mol. The van der Waals surface area contributed by atoms with E-state index in [4.69, 9.17) is 0 Å². The third-order valence-corrected chi connectivity index (χ3v) is 10.5. The van der Waals surface area contributed by atoms with E-state index in [2.05, 4.69) is 63.4 Å². The second-order valence-corrected chi connectivity index (χ2v) is 14.2. The summed E-state index contributed by atoms with van der Waals surface area (Å²) in [5.74, 6) is 2.46. The number of amides is 2. The molecule has 0 spiro atoms. The fraction of sp³-hybridized carbons (Fsp3) is 0.613. The zero-order valence-corrected chi connectivity index (χ0v) is 23.1. The Morgan fingerprint density at radius 1 is 1.00 bits per heavy atom. The fourth-order valence-electron chi connectivity index (χ4n) is 8.19. The minimum Gasteiger partial charge on any atom is -0.330 e. The molecule has 4 nitrogen and oxygen atoms in total. The largest absolute Gasteiger partial charge is 0.330 e. The van der Waals surface area contributed by atoms with Crippen LogP contribution in [-0.2, 0) is 16.0 Å². The maximum absolute atomic E-state index is 14.4. The van der Waals surface area contributed by atoms with Crippen LogP contribution >= 0.6 is 11.3 Å². The van der Waals surface area contributed by atoms with Crippen molar-refractivity contribution in [2.45, 2.75) is 84.2 Å². The number of carbonyl (C=O) groups is 2. The fourth-order valence-corrected chi connectivity index (χ4v) is 9.10. The van der Waals surface area contributed by atoms with Gasteiger partial charge in [-0.3, -0.25) is 9.59 Å². The lowest BCUT2D eigenvalue weighted by Gasteiger charge is -2.57. The van der Waals surface area contributed by atoms with Gasteiger partial charge in [0, 0.05) is 17.0 Å². The molecule has 7 rings (SSSR count). The van der Waals surface area contributed by atoms with Crippen LogP contribution in [0, 0.1) is 30.1 Å². The molecule has 1 unspecified atom stereocenters. The second-order valence-electron chi connectivity index (χ2n) is 13.2. The zero-order chi connectivity index (χ0) is 25.2. The first-order valence-electron chi connectivity index (χ1n) is 13.9. The van der Waals surface area contributed by atoms with Crippen molar-refractivity contribution in [2.75, 3.05) is 13.1 Å². The monoisotopic (exact) mass is 504 g/mol. The molecule has 192 valence electrons. The number of thiophene rings is 1. The van der Waals surface area contributed by atoms with Gasteiger partial charge < -0.3 is 9.80 Å². The van der Waals surface area contributed by atoms with Gasteiger partial charge in [-0.05, 0) is 113 Å². The maximum atomic E-state index is 14.4.